The Morgan fingerprint density at radius 1 is 1.56 bits per heavy atom. The minimum absolute atomic E-state index is 0.402. The summed E-state index contributed by atoms with van der Waals surface area (Å²) in [5.41, 5.74) is 2.64. The van der Waals surface area contributed by atoms with Crippen LogP contribution in [0, 0.1) is 11.3 Å². The molecule has 0 spiro atoms. The average molecular weight is 282 g/mol. The number of methoxy groups -OCH3 is 1. The fraction of sp³-hybridized carbons (Fsp3) is 0.333. The van der Waals surface area contributed by atoms with E-state index in [1.165, 1.54) is 7.11 Å². The molecule has 0 heterocycles. The molecule has 1 aromatic carbocycles. The number of halogens is 1. The number of carbonyl (C=O) groups excluding carboxylic acids is 1. The van der Waals surface area contributed by atoms with Crippen molar-refractivity contribution in [2.45, 2.75) is 18.7 Å². The van der Waals surface area contributed by atoms with Gasteiger partial charge >= 0.3 is 5.97 Å². The number of nitrogens with zero attached hydrogens (tertiary/aromatic N) is 1. The van der Waals surface area contributed by atoms with E-state index >= 15 is 0 Å². The van der Waals surface area contributed by atoms with Crippen LogP contribution < -0.4 is 0 Å². The predicted octanol–water partition coefficient (Wildman–Crippen LogP) is 2.80. The van der Waals surface area contributed by atoms with Gasteiger partial charge in [0.15, 0.2) is 0 Å². The number of aryl methyl sites for hydroxylation is 1. The van der Waals surface area contributed by atoms with Crippen molar-refractivity contribution in [1.29, 1.82) is 5.26 Å². The Balaban J connectivity index is 3.44. The number of rotatable bonds is 3. The van der Waals surface area contributed by atoms with E-state index in [1.807, 2.05) is 13.0 Å². The van der Waals surface area contributed by atoms with E-state index in [1.54, 1.807) is 6.07 Å². The molecule has 0 fully saturated rings. The maximum Gasteiger partial charge on any atom is 0.338 e. The molecule has 4 heteroatoms. The van der Waals surface area contributed by atoms with Gasteiger partial charge in [0.05, 0.1) is 24.3 Å². The minimum Gasteiger partial charge on any atom is -0.465 e. The van der Waals surface area contributed by atoms with Gasteiger partial charge in [0, 0.05) is 5.33 Å². The van der Waals surface area contributed by atoms with Crippen LogP contribution in [0.15, 0.2) is 12.1 Å². The number of hydrogen-bond acceptors (Lipinski definition) is 3. The van der Waals surface area contributed by atoms with Crippen LogP contribution in [0.2, 0.25) is 0 Å². The van der Waals surface area contributed by atoms with Crippen molar-refractivity contribution in [2.75, 3.05) is 7.11 Å². The van der Waals surface area contributed by atoms with E-state index in [-0.39, 0.29) is 0 Å². The summed E-state index contributed by atoms with van der Waals surface area (Å²) in [5, 5.41) is 9.49. The Morgan fingerprint density at radius 3 is 2.69 bits per heavy atom. The Morgan fingerprint density at radius 2 is 2.25 bits per heavy atom. The molecule has 1 rings (SSSR count). The summed E-state index contributed by atoms with van der Waals surface area (Å²) in [6.07, 6.45) is 0.779. The molecule has 0 saturated carbocycles. The monoisotopic (exact) mass is 281 g/mol. The van der Waals surface area contributed by atoms with Crippen molar-refractivity contribution < 1.29 is 9.53 Å². The lowest BCUT2D eigenvalue weighted by molar-refractivity contribution is 0.0599. The summed E-state index contributed by atoms with van der Waals surface area (Å²) in [6.45, 7) is 1.98. The first kappa shape index (κ1) is 12.7. The Kier molecular flexibility index (Phi) is 4.51. The van der Waals surface area contributed by atoms with Gasteiger partial charge in [-0.3, -0.25) is 0 Å². The van der Waals surface area contributed by atoms with Gasteiger partial charge in [-0.2, -0.15) is 5.26 Å². The quantitative estimate of drug-likeness (QED) is 0.632. The lowest BCUT2D eigenvalue weighted by atomic mass is 9.98. The highest BCUT2D eigenvalue weighted by molar-refractivity contribution is 9.08. The lowest BCUT2D eigenvalue weighted by Gasteiger charge is -2.09. The van der Waals surface area contributed by atoms with E-state index < -0.39 is 5.97 Å². The molecule has 0 bridgehead atoms. The standard InChI is InChI=1S/C12H12BrNO2/c1-3-8-4-9(7-14)11(6-13)10(5-8)12(15)16-2/h4-5H,3,6H2,1-2H3. The smallest absolute Gasteiger partial charge is 0.338 e. The molecule has 16 heavy (non-hydrogen) atoms. The van der Waals surface area contributed by atoms with Crippen LogP contribution >= 0.6 is 15.9 Å². The molecule has 84 valence electrons. The van der Waals surface area contributed by atoms with Gasteiger partial charge in [-0.05, 0) is 29.7 Å². The van der Waals surface area contributed by atoms with Gasteiger partial charge in [0.1, 0.15) is 0 Å². The molecule has 0 aliphatic carbocycles. The van der Waals surface area contributed by atoms with Gasteiger partial charge in [0.25, 0.3) is 0 Å². The molecule has 0 aliphatic rings. The topological polar surface area (TPSA) is 50.1 Å². The van der Waals surface area contributed by atoms with Crippen LogP contribution in [0.4, 0.5) is 0 Å². The summed E-state index contributed by atoms with van der Waals surface area (Å²) >= 11 is 3.29. The van der Waals surface area contributed by atoms with Crippen molar-refractivity contribution in [3.05, 3.63) is 34.4 Å². The fourth-order valence-electron chi connectivity index (χ4n) is 1.47. The molecule has 0 atom stereocenters. The number of hydrogen-bond donors (Lipinski definition) is 0. The second-order valence-electron chi connectivity index (χ2n) is 3.26. The van der Waals surface area contributed by atoms with Crippen molar-refractivity contribution in [3.63, 3.8) is 0 Å². The van der Waals surface area contributed by atoms with E-state index in [0.29, 0.717) is 22.0 Å². The lowest BCUT2D eigenvalue weighted by Crippen LogP contribution is -2.07. The average Bonchev–Trinajstić information content (AvgIpc) is 2.35. The molecule has 0 unspecified atom stereocenters. The number of benzene rings is 1. The Bertz CT molecular complexity index is 449. The number of ether oxygens (including phenoxy) is 1. The van der Waals surface area contributed by atoms with Gasteiger partial charge in [0.2, 0.25) is 0 Å². The Hall–Kier alpha value is -1.34. The van der Waals surface area contributed by atoms with Crippen LogP contribution in [-0.2, 0) is 16.5 Å². The van der Waals surface area contributed by atoms with Gasteiger partial charge in [-0.15, -0.1) is 0 Å². The molecule has 0 N–H and O–H groups in total. The SMILES string of the molecule is CCc1cc(C#N)c(CBr)c(C(=O)OC)c1. The molecule has 0 saturated heterocycles. The zero-order chi connectivity index (χ0) is 12.1. The summed E-state index contributed by atoms with van der Waals surface area (Å²) in [6, 6.07) is 5.69. The summed E-state index contributed by atoms with van der Waals surface area (Å²) in [7, 11) is 1.34. The second-order valence-corrected chi connectivity index (χ2v) is 3.82. The highest BCUT2D eigenvalue weighted by Crippen LogP contribution is 2.21. The first-order chi connectivity index (χ1) is 7.67. The summed E-state index contributed by atoms with van der Waals surface area (Å²) < 4.78 is 4.71. The predicted molar refractivity (Wildman–Crippen MR) is 64.5 cm³/mol. The molecule has 1 aromatic rings. The second kappa shape index (κ2) is 5.66. The van der Waals surface area contributed by atoms with Crippen molar-refractivity contribution in [1.82, 2.24) is 0 Å². The van der Waals surface area contributed by atoms with E-state index in [2.05, 4.69) is 22.0 Å². The van der Waals surface area contributed by atoms with E-state index in [4.69, 9.17) is 10.00 Å². The molecular formula is C12H12BrNO2. The maximum atomic E-state index is 11.6. The molecule has 0 radical (unpaired) electrons. The molecule has 0 aliphatic heterocycles. The number of nitriles is 1. The largest absolute Gasteiger partial charge is 0.465 e. The van der Waals surface area contributed by atoms with E-state index in [0.717, 1.165) is 12.0 Å². The maximum absolute atomic E-state index is 11.6. The first-order valence-corrected chi connectivity index (χ1v) is 6.00. The highest BCUT2D eigenvalue weighted by atomic mass is 79.9. The number of esters is 1. The van der Waals surface area contributed by atoms with Crippen LogP contribution in [0.25, 0.3) is 0 Å². The van der Waals surface area contributed by atoms with Gasteiger partial charge in [-0.25, -0.2) is 4.79 Å². The molecule has 3 nitrogen and oxygen atoms in total. The third kappa shape index (κ3) is 2.42. The molecule has 0 aromatic heterocycles. The third-order valence-corrected chi connectivity index (χ3v) is 2.94. The fourth-order valence-corrected chi connectivity index (χ4v) is 2.08. The van der Waals surface area contributed by atoms with Crippen LogP contribution in [0.1, 0.15) is 34.0 Å². The number of carbonyl (C=O) groups is 1. The van der Waals surface area contributed by atoms with Crippen LogP contribution in [-0.4, -0.2) is 13.1 Å². The zero-order valence-corrected chi connectivity index (χ0v) is 10.8. The highest BCUT2D eigenvalue weighted by Gasteiger charge is 2.16. The normalized spacial score (nSPS) is 9.62. The first-order valence-electron chi connectivity index (χ1n) is 4.88. The number of alkyl halides is 1. The Labute approximate surface area is 103 Å². The summed E-state index contributed by atoms with van der Waals surface area (Å²) in [5.74, 6) is -0.402. The van der Waals surface area contributed by atoms with Crippen molar-refractivity contribution >= 4 is 21.9 Å². The molecular weight excluding hydrogens is 270 g/mol. The van der Waals surface area contributed by atoms with Crippen LogP contribution in [0.5, 0.6) is 0 Å². The van der Waals surface area contributed by atoms with Crippen molar-refractivity contribution in [3.8, 4) is 6.07 Å². The summed E-state index contributed by atoms with van der Waals surface area (Å²) in [4.78, 5) is 11.6. The zero-order valence-electron chi connectivity index (χ0n) is 9.21. The molecule has 0 amide bonds. The van der Waals surface area contributed by atoms with Crippen LogP contribution in [0.3, 0.4) is 0 Å². The minimum atomic E-state index is -0.402. The van der Waals surface area contributed by atoms with Gasteiger partial charge in [-0.1, -0.05) is 22.9 Å². The van der Waals surface area contributed by atoms with Crippen molar-refractivity contribution in [2.24, 2.45) is 0 Å². The van der Waals surface area contributed by atoms with E-state index in [9.17, 15) is 4.79 Å². The van der Waals surface area contributed by atoms with Gasteiger partial charge < -0.3 is 4.74 Å². The third-order valence-electron chi connectivity index (χ3n) is 2.38.